The molecule has 3 aromatic rings. The quantitative estimate of drug-likeness (QED) is 0.674. The smallest absolute Gasteiger partial charge is 0.261 e. The lowest BCUT2D eigenvalue weighted by Crippen LogP contribution is -2.14. The van der Waals surface area contributed by atoms with E-state index in [0.29, 0.717) is 17.2 Å². The van der Waals surface area contributed by atoms with E-state index in [9.17, 15) is 8.42 Å². The lowest BCUT2D eigenvalue weighted by molar-refractivity contribution is 0.482. The Morgan fingerprint density at radius 2 is 1.31 bits per heavy atom. The maximum absolute atomic E-state index is 12.7. The van der Waals surface area contributed by atoms with E-state index in [1.807, 2.05) is 63.2 Å². The van der Waals surface area contributed by atoms with Crippen molar-refractivity contribution in [1.82, 2.24) is 0 Å². The van der Waals surface area contributed by atoms with Crippen molar-refractivity contribution in [3.8, 4) is 11.5 Å². The van der Waals surface area contributed by atoms with Gasteiger partial charge in [0.05, 0.1) is 10.6 Å². The SMILES string of the molecule is Cc1cc(C)c(NS(=O)(=O)c2ccc(Oc3ccccc3)cc2)c(C)c1. The van der Waals surface area contributed by atoms with Crippen LogP contribution in [0.2, 0.25) is 0 Å². The number of hydrogen-bond acceptors (Lipinski definition) is 3. The van der Waals surface area contributed by atoms with Crippen molar-refractivity contribution >= 4 is 15.7 Å². The van der Waals surface area contributed by atoms with E-state index in [-0.39, 0.29) is 4.90 Å². The maximum Gasteiger partial charge on any atom is 0.261 e. The molecule has 0 aliphatic heterocycles. The van der Waals surface area contributed by atoms with E-state index in [0.717, 1.165) is 16.7 Å². The van der Waals surface area contributed by atoms with Gasteiger partial charge in [0.2, 0.25) is 0 Å². The Hall–Kier alpha value is -2.79. The van der Waals surface area contributed by atoms with Gasteiger partial charge < -0.3 is 4.74 Å². The Labute approximate surface area is 154 Å². The molecule has 0 radical (unpaired) electrons. The summed E-state index contributed by atoms with van der Waals surface area (Å²) in [6, 6.07) is 19.7. The molecule has 0 saturated heterocycles. The van der Waals surface area contributed by atoms with Crippen LogP contribution in [0.25, 0.3) is 0 Å². The van der Waals surface area contributed by atoms with Gasteiger partial charge in [-0.2, -0.15) is 0 Å². The molecule has 0 aromatic heterocycles. The standard InChI is InChI=1S/C21H21NO3S/c1-15-13-16(2)21(17(3)14-15)22-26(23,24)20-11-9-19(10-12-20)25-18-7-5-4-6-8-18/h4-14,22H,1-3H3. The number of nitrogens with one attached hydrogen (secondary N) is 1. The van der Waals surface area contributed by atoms with Crippen LogP contribution in [0, 0.1) is 20.8 Å². The molecule has 5 heteroatoms. The number of benzene rings is 3. The minimum absolute atomic E-state index is 0.192. The predicted molar refractivity (Wildman–Crippen MR) is 104 cm³/mol. The van der Waals surface area contributed by atoms with Crippen LogP contribution in [0.3, 0.4) is 0 Å². The number of hydrogen-bond donors (Lipinski definition) is 1. The Morgan fingerprint density at radius 3 is 1.88 bits per heavy atom. The highest BCUT2D eigenvalue weighted by atomic mass is 32.2. The summed E-state index contributed by atoms with van der Waals surface area (Å²) < 4.78 is 33.8. The third kappa shape index (κ3) is 4.06. The monoisotopic (exact) mass is 367 g/mol. The molecule has 0 aliphatic rings. The van der Waals surface area contributed by atoms with Crippen molar-refractivity contribution in [3.63, 3.8) is 0 Å². The number of aryl methyl sites for hydroxylation is 3. The van der Waals surface area contributed by atoms with E-state index >= 15 is 0 Å². The molecular formula is C21H21NO3S. The molecule has 0 fully saturated rings. The minimum atomic E-state index is -3.67. The normalized spacial score (nSPS) is 11.2. The summed E-state index contributed by atoms with van der Waals surface area (Å²) >= 11 is 0. The molecular weight excluding hydrogens is 346 g/mol. The lowest BCUT2D eigenvalue weighted by Gasteiger charge is -2.14. The fourth-order valence-corrected chi connectivity index (χ4v) is 4.05. The second-order valence-electron chi connectivity index (χ2n) is 6.27. The van der Waals surface area contributed by atoms with Gasteiger partial charge in [0.25, 0.3) is 10.0 Å². The van der Waals surface area contributed by atoms with Crippen LogP contribution in [0.4, 0.5) is 5.69 Å². The zero-order valence-electron chi connectivity index (χ0n) is 15.0. The van der Waals surface area contributed by atoms with Crippen molar-refractivity contribution < 1.29 is 13.2 Å². The molecule has 0 spiro atoms. The summed E-state index contributed by atoms with van der Waals surface area (Å²) in [7, 11) is -3.67. The third-order valence-corrected chi connectivity index (χ3v) is 5.39. The Bertz CT molecular complexity index is 988. The van der Waals surface area contributed by atoms with E-state index in [2.05, 4.69) is 4.72 Å². The topological polar surface area (TPSA) is 55.4 Å². The molecule has 1 N–H and O–H groups in total. The lowest BCUT2D eigenvalue weighted by atomic mass is 10.1. The molecule has 0 heterocycles. The van der Waals surface area contributed by atoms with Gasteiger partial charge in [-0.05, 0) is 68.3 Å². The zero-order valence-corrected chi connectivity index (χ0v) is 15.8. The fraction of sp³-hybridized carbons (Fsp3) is 0.143. The van der Waals surface area contributed by atoms with E-state index in [4.69, 9.17) is 4.74 Å². The first-order valence-corrected chi connectivity index (χ1v) is 9.77. The van der Waals surface area contributed by atoms with Gasteiger partial charge in [0, 0.05) is 0 Å². The van der Waals surface area contributed by atoms with Crippen molar-refractivity contribution in [2.24, 2.45) is 0 Å². The summed E-state index contributed by atoms with van der Waals surface area (Å²) in [6.45, 7) is 5.78. The van der Waals surface area contributed by atoms with Gasteiger partial charge in [-0.1, -0.05) is 35.9 Å². The van der Waals surface area contributed by atoms with Crippen LogP contribution >= 0.6 is 0 Å². The Kier molecular flexibility index (Phi) is 5.00. The van der Waals surface area contributed by atoms with Gasteiger partial charge in [-0.15, -0.1) is 0 Å². The van der Waals surface area contributed by atoms with Gasteiger partial charge in [0.15, 0.2) is 0 Å². The first-order chi connectivity index (χ1) is 12.3. The first-order valence-electron chi connectivity index (χ1n) is 8.29. The highest BCUT2D eigenvalue weighted by Crippen LogP contribution is 2.27. The molecule has 0 bridgehead atoms. The zero-order chi connectivity index (χ0) is 18.7. The molecule has 0 atom stereocenters. The summed E-state index contributed by atoms with van der Waals surface area (Å²) in [6.07, 6.45) is 0. The largest absolute Gasteiger partial charge is 0.457 e. The van der Waals surface area contributed by atoms with Crippen LogP contribution in [-0.2, 0) is 10.0 Å². The van der Waals surface area contributed by atoms with Crippen LogP contribution in [0.5, 0.6) is 11.5 Å². The Morgan fingerprint density at radius 1 is 0.769 bits per heavy atom. The number of ether oxygens (including phenoxy) is 1. The molecule has 3 rings (SSSR count). The number of anilines is 1. The van der Waals surface area contributed by atoms with Gasteiger partial charge in [0.1, 0.15) is 11.5 Å². The number of rotatable bonds is 5. The second-order valence-corrected chi connectivity index (χ2v) is 7.95. The number of para-hydroxylation sites is 1. The van der Waals surface area contributed by atoms with Crippen LogP contribution in [-0.4, -0.2) is 8.42 Å². The molecule has 26 heavy (non-hydrogen) atoms. The van der Waals surface area contributed by atoms with E-state index in [1.165, 1.54) is 0 Å². The second kappa shape index (κ2) is 7.22. The average molecular weight is 367 g/mol. The average Bonchev–Trinajstić information content (AvgIpc) is 2.59. The predicted octanol–water partition coefficient (Wildman–Crippen LogP) is 5.20. The number of sulfonamides is 1. The summed E-state index contributed by atoms with van der Waals surface area (Å²) in [5, 5.41) is 0. The first kappa shape index (κ1) is 18.0. The fourth-order valence-electron chi connectivity index (χ4n) is 2.85. The van der Waals surface area contributed by atoms with Gasteiger partial charge in [-0.25, -0.2) is 8.42 Å². The van der Waals surface area contributed by atoms with Gasteiger partial charge >= 0.3 is 0 Å². The highest BCUT2D eigenvalue weighted by molar-refractivity contribution is 7.92. The third-order valence-electron chi connectivity index (χ3n) is 4.03. The van der Waals surface area contributed by atoms with Crippen molar-refractivity contribution in [2.75, 3.05) is 4.72 Å². The molecule has 0 amide bonds. The highest BCUT2D eigenvalue weighted by Gasteiger charge is 2.17. The van der Waals surface area contributed by atoms with Crippen LogP contribution in [0.15, 0.2) is 71.6 Å². The molecule has 0 unspecified atom stereocenters. The summed E-state index contributed by atoms with van der Waals surface area (Å²) in [4.78, 5) is 0.192. The van der Waals surface area contributed by atoms with Crippen molar-refractivity contribution in [2.45, 2.75) is 25.7 Å². The molecule has 3 aromatic carbocycles. The maximum atomic E-state index is 12.7. The minimum Gasteiger partial charge on any atom is -0.457 e. The summed E-state index contributed by atoms with van der Waals surface area (Å²) in [5.74, 6) is 1.28. The van der Waals surface area contributed by atoms with Crippen LogP contribution < -0.4 is 9.46 Å². The molecule has 0 saturated carbocycles. The van der Waals surface area contributed by atoms with E-state index < -0.39 is 10.0 Å². The Balaban J connectivity index is 1.82. The molecule has 134 valence electrons. The molecule has 4 nitrogen and oxygen atoms in total. The summed E-state index contributed by atoms with van der Waals surface area (Å²) in [5.41, 5.74) is 3.52. The molecule has 0 aliphatic carbocycles. The van der Waals surface area contributed by atoms with E-state index in [1.54, 1.807) is 24.3 Å². The van der Waals surface area contributed by atoms with Crippen molar-refractivity contribution in [3.05, 3.63) is 83.4 Å². The van der Waals surface area contributed by atoms with Crippen molar-refractivity contribution in [1.29, 1.82) is 0 Å². The van der Waals surface area contributed by atoms with Gasteiger partial charge in [-0.3, -0.25) is 4.72 Å². The van der Waals surface area contributed by atoms with Crippen LogP contribution in [0.1, 0.15) is 16.7 Å².